The summed E-state index contributed by atoms with van der Waals surface area (Å²) in [5.41, 5.74) is 0.976. The van der Waals surface area contributed by atoms with Gasteiger partial charge in [-0.1, -0.05) is 32.0 Å². The number of phenols is 1. The van der Waals surface area contributed by atoms with Gasteiger partial charge in [0, 0.05) is 17.6 Å². The lowest BCUT2D eigenvalue weighted by Crippen LogP contribution is -2.29. The zero-order chi connectivity index (χ0) is 12.8. The molecule has 1 aromatic carbocycles. The molecule has 0 aliphatic heterocycles. The van der Waals surface area contributed by atoms with Gasteiger partial charge >= 0.3 is 0 Å². The Labute approximate surface area is 105 Å². The molecular formula is C15H25NO. The van der Waals surface area contributed by atoms with E-state index in [4.69, 9.17) is 0 Å². The van der Waals surface area contributed by atoms with E-state index in [0.717, 1.165) is 11.5 Å². The van der Waals surface area contributed by atoms with E-state index >= 15 is 0 Å². The summed E-state index contributed by atoms with van der Waals surface area (Å²) in [5.74, 6) is 1.13. The van der Waals surface area contributed by atoms with Gasteiger partial charge in [0.15, 0.2) is 0 Å². The second kappa shape index (κ2) is 6.65. The Morgan fingerprint density at radius 3 is 2.29 bits per heavy atom. The van der Waals surface area contributed by atoms with Crippen LogP contribution in [0.15, 0.2) is 24.3 Å². The summed E-state index contributed by atoms with van der Waals surface area (Å²) >= 11 is 0. The Bertz CT molecular complexity index is 335. The summed E-state index contributed by atoms with van der Waals surface area (Å²) in [5, 5.41) is 13.3. The summed E-state index contributed by atoms with van der Waals surface area (Å²) in [6.07, 6.45) is 2.41. The zero-order valence-corrected chi connectivity index (χ0v) is 11.4. The smallest absolute Gasteiger partial charge is 0.120 e. The zero-order valence-electron chi connectivity index (χ0n) is 11.4. The molecule has 2 unspecified atom stereocenters. The number of hydrogen-bond donors (Lipinski definition) is 2. The molecule has 0 spiro atoms. The van der Waals surface area contributed by atoms with Crippen LogP contribution in [0.2, 0.25) is 0 Å². The number of benzene rings is 1. The first-order valence-electron chi connectivity index (χ1n) is 6.54. The molecule has 0 fully saturated rings. The minimum atomic E-state index is 0.193. The fourth-order valence-electron chi connectivity index (χ4n) is 2.04. The number of nitrogens with one attached hydrogen (secondary N) is 1. The normalized spacial score (nSPS) is 14.9. The van der Waals surface area contributed by atoms with E-state index in [2.05, 4.69) is 33.0 Å². The molecule has 1 rings (SSSR count). The molecule has 0 aliphatic rings. The SMILES string of the molecule is CC(C)CCC(C)NC(C)c1ccccc1O. The van der Waals surface area contributed by atoms with Crippen molar-refractivity contribution in [1.29, 1.82) is 0 Å². The minimum Gasteiger partial charge on any atom is -0.508 e. The lowest BCUT2D eigenvalue weighted by molar-refractivity contribution is 0.403. The molecule has 2 nitrogen and oxygen atoms in total. The van der Waals surface area contributed by atoms with Crippen LogP contribution in [-0.2, 0) is 0 Å². The molecule has 0 saturated carbocycles. The highest BCUT2D eigenvalue weighted by Gasteiger charge is 2.12. The van der Waals surface area contributed by atoms with Crippen LogP contribution < -0.4 is 5.32 Å². The van der Waals surface area contributed by atoms with E-state index in [1.807, 2.05) is 18.2 Å². The lowest BCUT2D eigenvalue weighted by atomic mass is 10.0. The third kappa shape index (κ3) is 4.78. The van der Waals surface area contributed by atoms with Crippen molar-refractivity contribution < 1.29 is 5.11 Å². The summed E-state index contributed by atoms with van der Waals surface area (Å²) in [4.78, 5) is 0. The van der Waals surface area contributed by atoms with Crippen LogP contribution >= 0.6 is 0 Å². The van der Waals surface area contributed by atoms with Crippen molar-refractivity contribution in [2.75, 3.05) is 0 Å². The van der Waals surface area contributed by atoms with E-state index in [9.17, 15) is 5.11 Å². The second-order valence-electron chi connectivity index (χ2n) is 5.32. The van der Waals surface area contributed by atoms with Crippen molar-refractivity contribution in [3.63, 3.8) is 0 Å². The molecule has 1 aromatic rings. The summed E-state index contributed by atoms with van der Waals surface area (Å²) in [6, 6.07) is 8.21. The van der Waals surface area contributed by atoms with Gasteiger partial charge in [0.1, 0.15) is 5.75 Å². The monoisotopic (exact) mass is 235 g/mol. The van der Waals surface area contributed by atoms with Crippen LogP contribution in [0.25, 0.3) is 0 Å². The standard InChI is InChI=1S/C15H25NO/c1-11(2)9-10-12(3)16-13(4)14-7-5-6-8-15(14)17/h5-8,11-13,16-17H,9-10H2,1-4H3. The van der Waals surface area contributed by atoms with E-state index in [-0.39, 0.29) is 6.04 Å². The largest absolute Gasteiger partial charge is 0.508 e. The Hall–Kier alpha value is -1.02. The van der Waals surface area contributed by atoms with Crippen LogP contribution in [0, 0.1) is 5.92 Å². The van der Waals surface area contributed by atoms with Crippen molar-refractivity contribution in [2.45, 2.75) is 52.6 Å². The van der Waals surface area contributed by atoms with E-state index in [1.54, 1.807) is 6.07 Å². The van der Waals surface area contributed by atoms with Gasteiger partial charge in [-0.3, -0.25) is 0 Å². The average molecular weight is 235 g/mol. The molecule has 17 heavy (non-hydrogen) atoms. The quantitative estimate of drug-likeness (QED) is 0.784. The van der Waals surface area contributed by atoms with Crippen molar-refractivity contribution >= 4 is 0 Å². The predicted octanol–water partition coefficient (Wildman–Crippen LogP) is 3.87. The van der Waals surface area contributed by atoms with Crippen LogP contribution in [0.5, 0.6) is 5.75 Å². The maximum atomic E-state index is 9.77. The molecule has 0 bridgehead atoms. The van der Waals surface area contributed by atoms with Gasteiger partial charge in [0.2, 0.25) is 0 Å². The molecule has 0 radical (unpaired) electrons. The fraction of sp³-hybridized carbons (Fsp3) is 0.600. The number of hydrogen-bond acceptors (Lipinski definition) is 2. The van der Waals surface area contributed by atoms with Crippen molar-refractivity contribution in [3.8, 4) is 5.75 Å². The highest BCUT2D eigenvalue weighted by molar-refractivity contribution is 5.34. The van der Waals surface area contributed by atoms with Gasteiger partial charge in [-0.2, -0.15) is 0 Å². The Kier molecular flexibility index (Phi) is 5.49. The van der Waals surface area contributed by atoms with Gasteiger partial charge in [-0.05, 0) is 38.7 Å². The first-order chi connectivity index (χ1) is 8.00. The van der Waals surface area contributed by atoms with Crippen LogP contribution in [0.4, 0.5) is 0 Å². The molecule has 2 heteroatoms. The van der Waals surface area contributed by atoms with Gasteiger partial charge in [0.25, 0.3) is 0 Å². The highest BCUT2D eigenvalue weighted by atomic mass is 16.3. The second-order valence-corrected chi connectivity index (χ2v) is 5.32. The summed E-state index contributed by atoms with van der Waals surface area (Å²) in [7, 11) is 0. The Balaban J connectivity index is 2.49. The molecule has 0 heterocycles. The number of rotatable bonds is 6. The maximum Gasteiger partial charge on any atom is 0.120 e. The molecule has 2 N–H and O–H groups in total. The fourth-order valence-corrected chi connectivity index (χ4v) is 2.04. The number of phenolic OH excluding ortho intramolecular Hbond substituents is 1. The molecule has 0 amide bonds. The maximum absolute atomic E-state index is 9.77. The Morgan fingerprint density at radius 2 is 1.71 bits per heavy atom. The molecule has 96 valence electrons. The highest BCUT2D eigenvalue weighted by Crippen LogP contribution is 2.23. The van der Waals surface area contributed by atoms with Gasteiger partial charge in [-0.25, -0.2) is 0 Å². The molecule has 0 saturated heterocycles. The molecule has 0 aromatic heterocycles. The molecule has 2 atom stereocenters. The lowest BCUT2D eigenvalue weighted by Gasteiger charge is -2.21. The third-order valence-electron chi connectivity index (χ3n) is 3.11. The van der Waals surface area contributed by atoms with Crippen molar-refractivity contribution in [2.24, 2.45) is 5.92 Å². The van der Waals surface area contributed by atoms with Crippen LogP contribution in [0.3, 0.4) is 0 Å². The van der Waals surface area contributed by atoms with Crippen LogP contribution in [0.1, 0.15) is 52.1 Å². The van der Waals surface area contributed by atoms with E-state index in [0.29, 0.717) is 11.8 Å². The number of para-hydroxylation sites is 1. The average Bonchev–Trinajstić information content (AvgIpc) is 2.26. The van der Waals surface area contributed by atoms with Crippen molar-refractivity contribution in [3.05, 3.63) is 29.8 Å². The topological polar surface area (TPSA) is 32.3 Å². The van der Waals surface area contributed by atoms with Gasteiger partial charge < -0.3 is 10.4 Å². The van der Waals surface area contributed by atoms with E-state index < -0.39 is 0 Å². The third-order valence-corrected chi connectivity index (χ3v) is 3.11. The first kappa shape index (κ1) is 14.0. The van der Waals surface area contributed by atoms with Crippen LogP contribution in [-0.4, -0.2) is 11.1 Å². The van der Waals surface area contributed by atoms with Crippen molar-refractivity contribution in [1.82, 2.24) is 5.32 Å². The summed E-state index contributed by atoms with van der Waals surface area (Å²) in [6.45, 7) is 8.80. The van der Waals surface area contributed by atoms with E-state index in [1.165, 1.54) is 12.8 Å². The minimum absolute atomic E-state index is 0.193. The molecular weight excluding hydrogens is 210 g/mol. The summed E-state index contributed by atoms with van der Waals surface area (Å²) < 4.78 is 0. The Morgan fingerprint density at radius 1 is 1.06 bits per heavy atom. The number of aromatic hydroxyl groups is 1. The predicted molar refractivity (Wildman–Crippen MR) is 73.2 cm³/mol. The first-order valence-corrected chi connectivity index (χ1v) is 6.54. The molecule has 0 aliphatic carbocycles. The van der Waals surface area contributed by atoms with Gasteiger partial charge in [0.05, 0.1) is 0 Å². The van der Waals surface area contributed by atoms with Gasteiger partial charge in [-0.15, -0.1) is 0 Å².